The Labute approximate surface area is 177 Å². The predicted octanol–water partition coefficient (Wildman–Crippen LogP) is 0.152. The number of ether oxygens (including phenoxy) is 2. The lowest BCUT2D eigenvalue weighted by atomic mass is 10.1. The minimum absolute atomic E-state index is 0.0420. The third-order valence-corrected chi connectivity index (χ3v) is 4.38. The zero-order valence-corrected chi connectivity index (χ0v) is 17.4. The minimum atomic E-state index is -0.918. The van der Waals surface area contributed by atoms with Crippen molar-refractivity contribution in [3.63, 3.8) is 0 Å². The summed E-state index contributed by atoms with van der Waals surface area (Å²) >= 11 is 0. The van der Waals surface area contributed by atoms with Crippen molar-refractivity contribution in [2.45, 2.75) is 20.0 Å². The zero-order chi connectivity index (χ0) is 23.0. The van der Waals surface area contributed by atoms with Crippen LogP contribution < -0.4 is 17.0 Å². The number of aromatic nitrogens is 2. The third-order valence-electron chi connectivity index (χ3n) is 4.38. The van der Waals surface area contributed by atoms with Crippen LogP contribution in [0.3, 0.4) is 0 Å². The van der Waals surface area contributed by atoms with Crippen molar-refractivity contribution in [2.75, 3.05) is 39.1 Å². The average molecular weight is 436 g/mol. The number of benzene rings is 1. The number of aromatic amines is 1. The highest BCUT2D eigenvalue weighted by Crippen LogP contribution is 2.10. The lowest BCUT2D eigenvalue weighted by molar-refractivity contribution is -0.144. The van der Waals surface area contributed by atoms with E-state index in [0.29, 0.717) is 5.56 Å². The van der Waals surface area contributed by atoms with Crippen LogP contribution in [0.15, 0.2) is 33.9 Å². The second-order valence-electron chi connectivity index (χ2n) is 6.66. The molecule has 0 aliphatic carbocycles. The molecule has 168 valence electrons. The summed E-state index contributed by atoms with van der Waals surface area (Å²) in [6.07, 6.45) is 0. The first-order valence-corrected chi connectivity index (χ1v) is 9.54. The molecule has 0 saturated heterocycles. The van der Waals surface area contributed by atoms with Crippen molar-refractivity contribution in [3.05, 3.63) is 62.0 Å². The fourth-order valence-corrected chi connectivity index (χ4v) is 2.95. The number of Topliss-reactive ketones (excluding diaryl/α,β-unsaturated/α-hetero) is 1. The van der Waals surface area contributed by atoms with Crippen molar-refractivity contribution in [2.24, 2.45) is 0 Å². The van der Waals surface area contributed by atoms with Crippen LogP contribution in [0.4, 0.5) is 10.2 Å². The molecule has 1 aromatic heterocycles. The number of nitrogens with zero attached hydrogens (tertiary/aromatic N) is 2. The summed E-state index contributed by atoms with van der Waals surface area (Å²) in [5.74, 6) is -1.95. The standard InChI is InChI=1S/C20H25FN4O6/c1-3-31-16(27)12-24(10-13-4-6-14(21)7-5-13)11-15(26)17-18(22)25(8-9-30-2)20(29)23-19(17)28/h4-7H,3,8-12,22H2,1-2H3,(H,23,28,29). The number of carbonyl (C=O) groups is 2. The van der Waals surface area contributed by atoms with E-state index in [4.69, 9.17) is 15.2 Å². The van der Waals surface area contributed by atoms with Gasteiger partial charge in [-0.2, -0.15) is 0 Å². The molecule has 3 N–H and O–H groups in total. The monoisotopic (exact) mass is 436 g/mol. The fraction of sp³-hybridized carbons (Fsp3) is 0.400. The van der Waals surface area contributed by atoms with Crippen LogP contribution in [0.25, 0.3) is 0 Å². The Morgan fingerprint density at radius 2 is 1.87 bits per heavy atom. The first kappa shape index (κ1) is 24.0. The van der Waals surface area contributed by atoms with Gasteiger partial charge in [0.2, 0.25) is 0 Å². The van der Waals surface area contributed by atoms with Crippen LogP contribution in [-0.4, -0.2) is 59.6 Å². The lowest BCUT2D eigenvalue weighted by Crippen LogP contribution is -2.40. The molecule has 0 fully saturated rings. The van der Waals surface area contributed by atoms with Gasteiger partial charge in [-0.15, -0.1) is 0 Å². The van der Waals surface area contributed by atoms with E-state index in [0.717, 1.165) is 4.57 Å². The molecule has 0 bridgehead atoms. The molecule has 0 saturated carbocycles. The molecule has 2 aromatic rings. The highest BCUT2D eigenvalue weighted by atomic mass is 19.1. The van der Waals surface area contributed by atoms with Gasteiger partial charge in [0.15, 0.2) is 5.78 Å². The van der Waals surface area contributed by atoms with Crippen LogP contribution in [-0.2, 0) is 27.4 Å². The van der Waals surface area contributed by atoms with Crippen molar-refractivity contribution < 1.29 is 23.5 Å². The molecule has 0 amide bonds. The smallest absolute Gasteiger partial charge is 0.330 e. The summed E-state index contributed by atoms with van der Waals surface area (Å²) in [7, 11) is 1.43. The summed E-state index contributed by atoms with van der Waals surface area (Å²) < 4.78 is 24.1. The molecule has 11 heteroatoms. The number of methoxy groups -OCH3 is 1. The highest BCUT2D eigenvalue weighted by molar-refractivity contribution is 6.01. The normalized spacial score (nSPS) is 11.0. The highest BCUT2D eigenvalue weighted by Gasteiger charge is 2.23. The molecular weight excluding hydrogens is 411 g/mol. The number of esters is 1. The predicted molar refractivity (Wildman–Crippen MR) is 110 cm³/mol. The molecule has 2 rings (SSSR count). The molecule has 0 unspecified atom stereocenters. The van der Waals surface area contributed by atoms with Gasteiger partial charge in [0, 0.05) is 13.7 Å². The molecule has 1 aromatic carbocycles. The maximum atomic E-state index is 13.2. The van der Waals surface area contributed by atoms with Crippen LogP contribution in [0, 0.1) is 5.82 Å². The van der Waals surface area contributed by atoms with E-state index in [9.17, 15) is 23.6 Å². The molecule has 31 heavy (non-hydrogen) atoms. The molecular formula is C20H25FN4O6. The van der Waals surface area contributed by atoms with E-state index in [1.54, 1.807) is 6.92 Å². The van der Waals surface area contributed by atoms with Crippen molar-refractivity contribution in [1.29, 1.82) is 0 Å². The van der Waals surface area contributed by atoms with Crippen LogP contribution in [0.5, 0.6) is 0 Å². The summed E-state index contributed by atoms with van der Waals surface area (Å²) in [5, 5.41) is 0. The second kappa shape index (κ2) is 11.2. The Kier molecular flexibility index (Phi) is 8.64. The van der Waals surface area contributed by atoms with Gasteiger partial charge in [-0.1, -0.05) is 12.1 Å². The first-order valence-electron chi connectivity index (χ1n) is 9.54. The number of ketones is 1. The number of halogens is 1. The van der Waals surface area contributed by atoms with Gasteiger partial charge in [-0.05, 0) is 24.6 Å². The van der Waals surface area contributed by atoms with E-state index in [1.807, 2.05) is 0 Å². The molecule has 10 nitrogen and oxygen atoms in total. The Morgan fingerprint density at radius 3 is 2.48 bits per heavy atom. The topological polar surface area (TPSA) is 137 Å². The molecule has 1 heterocycles. The lowest BCUT2D eigenvalue weighted by Gasteiger charge is -2.21. The quantitative estimate of drug-likeness (QED) is 0.375. The summed E-state index contributed by atoms with van der Waals surface area (Å²) in [4.78, 5) is 52.7. The van der Waals surface area contributed by atoms with E-state index in [-0.39, 0.29) is 50.8 Å². The summed E-state index contributed by atoms with van der Waals surface area (Å²) in [6, 6.07) is 5.55. The van der Waals surface area contributed by atoms with Gasteiger partial charge < -0.3 is 15.2 Å². The van der Waals surface area contributed by atoms with Gasteiger partial charge in [0.25, 0.3) is 5.56 Å². The Balaban J connectivity index is 2.31. The van der Waals surface area contributed by atoms with Crippen LogP contribution in [0.1, 0.15) is 22.8 Å². The third kappa shape index (κ3) is 6.59. The SMILES string of the molecule is CCOC(=O)CN(CC(=O)c1c(N)n(CCOC)c(=O)[nH]c1=O)Cc1ccc(F)cc1. The van der Waals surface area contributed by atoms with Gasteiger partial charge in [0.05, 0.1) is 32.8 Å². The van der Waals surface area contributed by atoms with Gasteiger partial charge in [0.1, 0.15) is 17.2 Å². The van der Waals surface area contributed by atoms with E-state index in [1.165, 1.54) is 36.3 Å². The molecule has 0 aliphatic rings. The van der Waals surface area contributed by atoms with E-state index >= 15 is 0 Å². The first-order chi connectivity index (χ1) is 14.8. The van der Waals surface area contributed by atoms with Crippen molar-refractivity contribution in [1.82, 2.24) is 14.5 Å². The number of nitrogens with two attached hydrogens (primary N) is 1. The maximum absolute atomic E-state index is 13.2. The Morgan fingerprint density at radius 1 is 1.19 bits per heavy atom. The number of nitrogens with one attached hydrogen (secondary N) is 1. The maximum Gasteiger partial charge on any atom is 0.330 e. The number of nitrogen functional groups attached to an aromatic ring is 1. The number of H-pyrrole nitrogens is 1. The van der Waals surface area contributed by atoms with Crippen molar-refractivity contribution in [3.8, 4) is 0 Å². The number of hydrogen-bond donors (Lipinski definition) is 2. The van der Waals surface area contributed by atoms with Gasteiger partial charge in [-0.3, -0.25) is 28.8 Å². The van der Waals surface area contributed by atoms with E-state index in [2.05, 4.69) is 4.98 Å². The Hall–Kier alpha value is -3.31. The van der Waals surface area contributed by atoms with Crippen LogP contribution >= 0.6 is 0 Å². The molecule has 0 aliphatic heterocycles. The van der Waals surface area contributed by atoms with Gasteiger partial charge in [-0.25, -0.2) is 9.18 Å². The second-order valence-corrected chi connectivity index (χ2v) is 6.66. The number of rotatable bonds is 11. The Bertz CT molecular complexity index is 1030. The fourth-order valence-electron chi connectivity index (χ4n) is 2.95. The molecule has 0 radical (unpaired) electrons. The number of carbonyl (C=O) groups excluding carboxylic acids is 2. The minimum Gasteiger partial charge on any atom is -0.465 e. The van der Waals surface area contributed by atoms with E-state index < -0.39 is 28.8 Å². The van der Waals surface area contributed by atoms with Crippen molar-refractivity contribution >= 4 is 17.6 Å². The average Bonchev–Trinajstić information content (AvgIpc) is 2.69. The van der Waals surface area contributed by atoms with Crippen LogP contribution in [0.2, 0.25) is 0 Å². The summed E-state index contributed by atoms with van der Waals surface area (Å²) in [6.45, 7) is 1.52. The summed E-state index contributed by atoms with van der Waals surface area (Å²) in [5.41, 5.74) is 4.52. The number of hydrogen-bond acceptors (Lipinski definition) is 8. The van der Waals surface area contributed by atoms with Gasteiger partial charge >= 0.3 is 11.7 Å². The number of anilines is 1. The largest absolute Gasteiger partial charge is 0.465 e. The molecule has 0 atom stereocenters. The molecule has 0 spiro atoms. The zero-order valence-electron chi connectivity index (χ0n) is 17.4.